The van der Waals surface area contributed by atoms with E-state index in [1.165, 1.54) is 18.4 Å². The van der Waals surface area contributed by atoms with Gasteiger partial charge in [-0.15, -0.1) is 0 Å². The number of ether oxygens (including phenoxy) is 1. The molecule has 3 heteroatoms. The van der Waals surface area contributed by atoms with Gasteiger partial charge >= 0.3 is 5.97 Å². The molecule has 0 radical (unpaired) electrons. The summed E-state index contributed by atoms with van der Waals surface area (Å²) in [5, 5.41) is 0. The van der Waals surface area contributed by atoms with Crippen LogP contribution in [0.3, 0.4) is 0 Å². The van der Waals surface area contributed by atoms with E-state index in [-0.39, 0.29) is 22.9 Å². The van der Waals surface area contributed by atoms with Crippen LogP contribution in [0.25, 0.3) is 0 Å². The molecule has 0 amide bonds. The van der Waals surface area contributed by atoms with Gasteiger partial charge in [0.2, 0.25) is 0 Å². The van der Waals surface area contributed by atoms with Crippen molar-refractivity contribution >= 4 is 5.97 Å². The molecule has 2 saturated carbocycles. The molecule has 2 aliphatic rings. The first kappa shape index (κ1) is 17.5. The Labute approximate surface area is 146 Å². The van der Waals surface area contributed by atoms with Crippen LogP contribution in [0.5, 0.6) is 0 Å². The van der Waals surface area contributed by atoms with Crippen LogP contribution in [0.1, 0.15) is 45.6 Å². The number of fused-ring (bicyclic) bond motifs is 2. The standard InChI is InChI=1S/C21H32NO2/c1-20(2)17-11-12-21(20,3)18(13-17)24-19(23)15-22(4,5)14-16-9-7-6-8-10-16/h6-10,17-18H,11-15H2,1-5H3/q+1/t17-,18+,21-/m0/s1. The van der Waals surface area contributed by atoms with Gasteiger partial charge < -0.3 is 9.22 Å². The van der Waals surface area contributed by atoms with Crippen molar-refractivity contribution in [2.75, 3.05) is 20.6 Å². The average Bonchev–Trinajstić information content (AvgIpc) is 2.80. The Morgan fingerprint density at radius 3 is 2.42 bits per heavy atom. The fourth-order valence-corrected chi connectivity index (χ4v) is 4.99. The predicted molar refractivity (Wildman–Crippen MR) is 96.2 cm³/mol. The zero-order chi connectivity index (χ0) is 17.6. The van der Waals surface area contributed by atoms with Crippen molar-refractivity contribution in [3.63, 3.8) is 0 Å². The minimum atomic E-state index is -0.0505. The quantitative estimate of drug-likeness (QED) is 0.602. The van der Waals surface area contributed by atoms with Crippen LogP contribution in [0.4, 0.5) is 0 Å². The second-order valence-electron chi connectivity index (χ2n) is 9.33. The first-order valence-corrected chi connectivity index (χ1v) is 9.19. The normalized spacial score (nSPS) is 31.2. The molecule has 3 rings (SSSR count). The molecule has 2 bridgehead atoms. The topological polar surface area (TPSA) is 26.3 Å². The van der Waals surface area contributed by atoms with Crippen LogP contribution in [0.15, 0.2) is 30.3 Å². The zero-order valence-electron chi connectivity index (χ0n) is 15.8. The maximum atomic E-state index is 12.6. The summed E-state index contributed by atoms with van der Waals surface area (Å²) in [6, 6.07) is 10.3. The van der Waals surface area contributed by atoms with Crippen LogP contribution in [-0.4, -0.2) is 37.2 Å². The summed E-state index contributed by atoms with van der Waals surface area (Å²) >= 11 is 0. The van der Waals surface area contributed by atoms with Gasteiger partial charge in [0.15, 0.2) is 6.54 Å². The van der Waals surface area contributed by atoms with E-state index in [1.807, 2.05) is 18.2 Å². The van der Waals surface area contributed by atoms with E-state index in [2.05, 4.69) is 47.0 Å². The Morgan fingerprint density at radius 1 is 1.21 bits per heavy atom. The maximum absolute atomic E-state index is 12.6. The molecule has 0 aliphatic heterocycles. The molecule has 3 atom stereocenters. The molecular weight excluding hydrogens is 298 g/mol. The Bertz CT molecular complexity index is 608. The minimum Gasteiger partial charge on any atom is -0.458 e. The molecule has 0 N–H and O–H groups in total. The first-order valence-electron chi connectivity index (χ1n) is 9.19. The van der Waals surface area contributed by atoms with Crippen LogP contribution < -0.4 is 0 Å². The first-order chi connectivity index (χ1) is 11.1. The molecule has 1 aromatic carbocycles. The molecule has 3 nitrogen and oxygen atoms in total. The second-order valence-corrected chi connectivity index (χ2v) is 9.33. The Balaban J connectivity index is 1.60. The molecule has 2 aliphatic carbocycles. The number of benzene rings is 1. The van der Waals surface area contributed by atoms with E-state index >= 15 is 0 Å². The summed E-state index contributed by atoms with van der Waals surface area (Å²) in [4.78, 5) is 12.6. The summed E-state index contributed by atoms with van der Waals surface area (Å²) in [5.41, 5.74) is 1.68. The number of esters is 1. The van der Waals surface area contributed by atoms with Gasteiger partial charge in [0.1, 0.15) is 12.6 Å². The smallest absolute Gasteiger partial charge is 0.362 e. The van der Waals surface area contributed by atoms with E-state index in [1.54, 1.807) is 0 Å². The molecule has 132 valence electrons. The Kier molecular flexibility index (Phi) is 4.28. The third-order valence-corrected chi connectivity index (χ3v) is 7.00. The molecule has 0 aromatic heterocycles. The van der Waals surface area contributed by atoms with Gasteiger partial charge in [-0.1, -0.05) is 51.1 Å². The number of quaternary nitrogens is 1. The molecule has 0 saturated heterocycles. The number of hydrogen-bond acceptors (Lipinski definition) is 2. The van der Waals surface area contributed by atoms with Crippen molar-refractivity contribution in [2.45, 2.75) is 52.7 Å². The largest absolute Gasteiger partial charge is 0.458 e. The third kappa shape index (κ3) is 2.99. The van der Waals surface area contributed by atoms with Gasteiger partial charge in [-0.05, 0) is 30.6 Å². The fourth-order valence-electron chi connectivity index (χ4n) is 4.99. The highest BCUT2D eigenvalue weighted by atomic mass is 16.5. The lowest BCUT2D eigenvalue weighted by Gasteiger charge is -2.39. The van der Waals surface area contributed by atoms with Gasteiger partial charge in [-0.3, -0.25) is 0 Å². The van der Waals surface area contributed by atoms with Gasteiger partial charge in [0, 0.05) is 11.0 Å². The van der Waals surface area contributed by atoms with Crippen molar-refractivity contribution in [3.8, 4) is 0 Å². The van der Waals surface area contributed by atoms with Gasteiger partial charge in [0.05, 0.1) is 14.1 Å². The summed E-state index contributed by atoms with van der Waals surface area (Å²) in [6.45, 7) is 8.29. The summed E-state index contributed by atoms with van der Waals surface area (Å²) in [7, 11) is 4.20. The van der Waals surface area contributed by atoms with E-state index in [9.17, 15) is 4.79 Å². The second kappa shape index (κ2) is 5.87. The van der Waals surface area contributed by atoms with Crippen LogP contribution >= 0.6 is 0 Å². The number of nitrogens with zero attached hydrogens (tertiary/aromatic N) is 1. The average molecular weight is 330 g/mol. The number of likely N-dealkylation sites (N-methyl/N-ethyl adjacent to an activating group) is 1. The monoisotopic (exact) mass is 330 g/mol. The number of rotatable bonds is 5. The van der Waals surface area contributed by atoms with E-state index in [0.717, 1.165) is 13.0 Å². The van der Waals surface area contributed by atoms with Crippen LogP contribution in [0, 0.1) is 16.7 Å². The maximum Gasteiger partial charge on any atom is 0.362 e. The van der Waals surface area contributed by atoms with Crippen LogP contribution in [0.2, 0.25) is 0 Å². The number of carbonyl (C=O) groups is 1. The highest BCUT2D eigenvalue weighted by Gasteiger charge is 2.62. The third-order valence-electron chi connectivity index (χ3n) is 7.00. The van der Waals surface area contributed by atoms with Crippen molar-refractivity contribution in [3.05, 3.63) is 35.9 Å². The molecule has 2 fully saturated rings. The lowest BCUT2D eigenvalue weighted by Crippen LogP contribution is -2.46. The zero-order valence-corrected chi connectivity index (χ0v) is 15.8. The molecule has 0 spiro atoms. The van der Waals surface area contributed by atoms with Crippen molar-refractivity contribution in [1.29, 1.82) is 0 Å². The van der Waals surface area contributed by atoms with Crippen molar-refractivity contribution in [1.82, 2.24) is 0 Å². The number of hydrogen-bond donors (Lipinski definition) is 0. The molecule has 0 heterocycles. The summed E-state index contributed by atoms with van der Waals surface area (Å²) in [5.74, 6) is 0.651. The Morgan fingerprint density at radius 2 is 1.88 bits per heavy atom. The van der Waals surface area contributed by atoms with Crippen molar-refractivity contribution in [2.24, 2.45) is 16.7 Å². The van der Waals surface area contributed by atoms with Gasteiger partial charge in [0.25, 0.3) is 0 Å². The highest BCUT2D eigenvalue weighted by Crippen LogP contribution is 2.66. The van der Waals surface area contributed by atoms with Gasteiger partial charge in [-0.2, -0.15) is 0 Å². The molecular formula is C21H32NO2+. The lowest BCUT2D eigenvalue weighted by atomic mass is 9.70. The highest BCUT2D eigenvalue weighted by molar-refractivity contribution is 5.71. The minimum absolute atomic E-state index is 0.0505. The van der Waals surface area contributed by atoms with E-state index in [0.29, 0.717) is 16.9 Å². The van der Waals surface area contributed by atoms with Crippen molar-refractivity contribution < 1.29 is 14.0 Å². The fraction of sp³-hybridized carbons (Fsp3) is 0.667. The molecule has 24 heavy (non-hydrogen) atoms. The summed E-state index contributed by atoms with van der Waals surface area (Å²) in [6.07, 6.45) is 3.61. The lowest BCUT2D eigenvalue weighted by molar-refractivity contribution is -0.896. The van der Waals surface area contributed by atoms with E-state index in [4.69, 9.17) is 4.74 Å². The summed E-state index contributed by atoms with van der Waals surface area (Å²) < 4.78 is 6.63. The number of carbonyl (C=O) groups excluding carboxylic acids is 1. The van der Waals surface area contributed by atoms with Gasteiger partial charge in [-0.25, -0.2) is 4.79 Å². The predicted octanol–water partition coefficient (Wildman–Crippen LogP) is 4.02. The van der Waals surface area contributed by atoms with Crippen LogP contribution in [-0.2, 0) is 16.1 Å². The van der Waals surface area contributed by atoms with E-state index < -0.39 is 0 Å². The molecule has 0 unspecified atom stereocenters. The molecule has 1 aromatic rings. The Hall–Kier alpha value is -1.35. The SMILES string of the molecule is CC1(C)[C@H]2CC[C@@]1(C)[C@H](OC(=O)C[N+](C)(C)Cc1ccccc1)C2.